The van der Waals surface area contributed by atoms with Gasteiger partial charge >= 0.3 is 6.18 Å². The van der Waals surface area contributed by atoms with Crippen LogP contribution in [0.1, 0.15) is 19.3 Å². The zero-order valence-corrected chi connectivity index (χ0v) is 16.6. The molecule has 5 N–H and O–H groups in total. The van der Waals surface area contributed by atoms with Crippen molar-refractivity contribution in [2.75, 3.05) is 37.0 Å². The second-order valence-electron chi connectivity index (χ2n) is 7.65. The Morgan fingerprint density at radius 1 is 1.27 bits per heavy atom. The summed E-state index contributed by atoms with van der Waals surface area (Å²) in [5.41, 5.74) is 8.15. The van der Waals surface area contributed by atoms with E-state index in [-0.39, 0.29) is 5.70 Å². The number of allylic oxidation sites excluding steroid dienone is 1. The van der Waals surface area contributed by atoms with Crippen LogP contribution < -0.4 is 21.3 Å². The summed E-state index contributed by atoms with van der Waals surface area (Å²) in [6, 6.07) is 0. The molecule has 30 heavy (non-hydrogen) atoms. The number of aliphatic imine (C=N–C) groups is 1. The van der Waals surface area contributed by atoms with Gasteiger partial charge in [-0.3, -0.25) is 4.79 Å². The first-order valence-corrected chi connectivity index (χ1v) is 9.35. The van der Waals surface area contributed by atoms with Crippen molar-refractivity contribution in [1.29, 1.82) is 0 Å². The highest BCUT2D eigenvalue weighted by molar-refractivity contribution is 6.09. The maximum Gasteiger partial charge on any atom is 0.422 e. The SMILES string of the molecule is CN(C)c1ncc(N2CCC(C(N)=C3C(N)=NC(=O)CC3(O)C(F)(F)F)CC2)cn1. The molecular formula is C18H24F3N7O2. The highest BCUT2D eigenvalue weighted by atomic mass is 19.4. The molecule has 0 aliphatic carbocycles. The van der Waals surface area contributed by atoms with Gasteiger partial charge in [-0.15, -0.1) is 0 Å². The average Bonchev–Trinajstić information content (AvgIpc) is 2.66. The third-order valence-electron chi connectivity index (χ3n) is 5.40. The Hall–Kier alpha value is -2.89. The fourth-order valence-corrected chi connectivity index (χ4v) is 3.74. The van der Waals surface area contributed by atoms with Gasteiger partial charge in [-0.05, 0) is 12.8 Å². The minimum atomic E-state index is -5.12. The molecule has 12 heteroatoms. The van der Waals surface area contributed by atoms with E-state index in [9.17, 15) is 23.1 Å². The predicted octanol–water partition coefficient (Wildman–Crippen LogP) is 0.553. The number of carbonyl (C=O) groups is 1. The zero-order chi connectivity index (χ0) is 22.3. The van der Waals surface area contributed by atoms with Gasteiger partial charge < -0.3 is 26.4 Å². The van der Waals surface area contributed by atoms with Gasteiger partial charge in [0.15, 0.2) is 5.60 Å². The molecule has 3 rings (SSSR count). The third kappa shape index (κ3) is 3.91. The molecule has 0 saturated carbocycles. The normalized spacial score (nSPS) is 25.2. The number of nitrogens with zero attached hydrogens (tertiary/aromatic N) is 5. The minimum Gasteiger partial charge on any atom is -0.401 e. The van der Waals surface area contributed by atoms with Crippen molar-refractivity contribution in [2.24, 2.45) is 22.4 Å². The number of hydrogen-bond donors (Lipinski definition) is 3. The van der Waals surface area contributed by atoms with Gasteiger partial charge in [-0.2, -0.15) is 18.2 Å². The van der Waals surface area contributed by atoms with Crippen molar-refractivity contribution < 1.29 is 23.1 Å². The number of aromatic nitrogens is 2. The van der Waals surface area contributed by atoms with Crippen molar-refractivity contribution in [3.05, 3.63) is 23.7 Å². The average molecular weight is 427 g/mol. The molecule has 164 valence electrons. The molecule has 0 bridgehead atoms. The summed E-state index contributed by atoms with van der Waals surface area (Å²) < 4.78 is 40.8. The van der Waals surface area contributed by atoms with Crippen molar-refractivity contribution in [3.8, 4) is 0 Å². The standard InChI is InChI=1S/C18H24F3N7O2/c1-27(2)16-24-8-11(9-25-16)28-5-3-10(4-6-28)14(22)13-15(23)26-12(29)7-17(13,30)18(19,20)21/h8-10,30H,3-7,22H2,1-2H3,(H2,23,26,29). The highest BCUT2D eigenvalue weighted by Crippen LogP contribution is 2.43. The van der Waals surface area contributed by atoms with Crippen LogP contribution in [0.25, 0.3) is 0 Å². The molecule has 1 amide bonds. The minimum absolute atomic E-state index is 0.178. The fourth-order valence-electron chi connectivity index (χ4n) is 3.74. The molecule has 0 aromatic carbocycles. The van der Waals surface area contributed by atoms with Gasteiger partial charge in [-0.1, -0.05) is 0 Å². The Kier molecular flexibility index (Phi) is 5.63. The number of hydrogen-bond acceptors (Lipinski definition) is 8. The molecule has 1 fully saturated rings. The second-order valence-corrected chi connectivity index (χ2v) is 7.65. The summed E-state index contributed by atoms with van der Waals surface area (Å²) in [5.74, 6) is -1.71. The van der Waals surface area contributed by atoms with Gasteiger partial charge in [0.05, 0.1) is 30.1 Å². The highest BCUT2D eigenvalue weighted by Gasteiger charge is 2.60. The van der Waals surface area contributed by atoms with E-state index in [4.69, 9.17) is 11.5 Å². The Labute approximate surface area is 171 Å². The van der Waals surface area contributed by atoms with Crippen molar-refractivity contribution in [2.45, 2.75) is 31.0 Å². The van der Waals surface area contributed by atoms with Crippen molar-refractivity contribution in [3.63, 3.8) is 0 Å². The van der Waals surface area contributed by atoms with Crippen molar-refractivity contribution in [1.82, 2.24) is 9.97 Å². The molecule has 2 aliphatic heterocycles. The van der Waals surface area contributed by atoms with Crippen LogP contribution >= 0.6 is 0 Å². The van der Waals surface area contributed by atoms with Crippen LogP contribution in [0.2, 0.25) is 0 Å². The van der Waals surface area contributed by atoms with Crippen LogP contribution in [-0.4, -0.2) is 65.8 Å². The summed E-state index contributed by atoms with van der Waals surface area (Å²) in [7, 11) is 3.65. The summed E-state index contributed by atoms with van der Waals surface area (Å²) in [4.78, 5) is 27.2. The maximum absolute atomic E-state index is 13.6. The Balaban J connectivity index is 1.82. The molecule has 1 unspecified atom stereocenters. The van der Waals surface area contributed by atoms with Gasteiger partial charge in [0.2, 0.25) is 5.95 Å². The summed E-state index contributed by atoms with van der Waals surface area (Å²) in [6.07, 6.45) is -2.12. The topological polar surface area (TPSA) is 134 Å². The number of aliphatic hydroxyl groups is 1. The number of rotatable bonds is 3. The van der Waals surface area contributed by atoms with Crippen LogP contribution in [0.3, 0.4) is 0 Å². The molecule has 1 aromatic rings. The molecular weight excluding hydrogens is 403 g/mol. The van der Waals surface area contributed by atoms with Gasteiger partial charge in [0.1, 0.15) is 5.84 Å². The molecule has 0 spiro atoms. The number of amidine groups is 1. The number of amides is 1. The summed E-state index contributed by atoms with van der Waals surface area (Å²) in [6.45, 7) is 1.01. The number of nitrogens with two attached hydrogens (primary N) is 2. The Bertz CT molecular complexity index is 875. The van der Waals surface area contributed by atoms with E-state index < -0.39 is 41.4 Å². The molecule has 3 heterocycles. The number of alkyl halides is 3. The number of piperidine rings is 1. The summed E-state index contributed by atoms with van der Waals surface area (Å²) in [5, 5.41) is 10.3. The molecule has 2 aliphatic rings. The van der Waals surface area contributed by atoms with E-state index in [1.807, 2.05) is 19.0 Å². The molecule has 9 nitrogen and oxygen atoms in total. The van der Waals surface area contributed by atoms with E-state index in [0.29, 0.717) is 31.9 Å². The lowest BCUT2D eigenvalue weighted by Crippen LogP contribution is -2.55. The lowest BCUT2D eigenvalue weighted by atomic mass is 9.80. The molecule has 1 saturated heterocycles. The Morgan fingerprint density at radius 2 is 1.83 bits per heavy atom. The first-order chi connectivity index (χ1) is 13.9. The van der Waals surface area contributed by atoms with Crippen LogP contribution in [-0.2, 0) is 4.79 Å². The molecule has 0 radical (unpaired) electrons. The number of halogens is 3. The van der Waals surface area contributed by atoms with E-state index in [0.717, 1.165) is 5.69 Å². The monoisotopic (exact) mass is 427 g/mol. The fraction of sp³-hybridized carbons (Fsp3) is 0.556. The molecule has 1 atom stereocenters. The number of anilines is 2. The second kappa shape index (κ2) is 7.74. The van der Waals surface area contributed by atoms with Crippen LogP contribution in [0, 0.1) is 5.92 Å². The Morgan fingerprint density at radius 3 is 2.33 bits per heavy atom. The van der Waals surface area contributed by atoms with E-state index in [2.05, 4.69) is 15.0 Å². The van der Waals surface area contributed by atoms with Gasteiger partial charge in [-0.25, -0.2) is 9.97 Å². The third-order valence-corrected chi connectivity index (χ3v) is 5.40. The smallest absolute Gasteiger partial charge is 0.401 e. The van der Waals surface area contributed by atoms with Gasteiger partial charge in [0.25, 0.3) is 5.91 Å². The largest absolute Gasteiger partial charge is 0.422 e. The zero-order valence-electron chi connectivity index (χ0n) is 16.6. The lowest BCUT2D eigenvalue weighted by molar-refractivity contribution is -0.244. The van der Waals surface area contributed by atoms with Gasteiger partial charge in [0, 0.05) is 38.8 Å². The quantitative estimate of drug-likeness (QED) is 0.637. The molecule has 1 aromatic heterocycles. The summed E-state index contributed by atoms with van der Waals surface area (Å²) >= 11 is 0. The first-order valence-electron chi connectivity index (χ1n) is 9.35. The lowest BCUT2D eigenvalue weighted by Gasteiger charge is -2.38. The van der Waals surface area contributed by atoms with E-state index in [1.165, 1.54) is 0 Å². The number of carbonyl (C=O) groups excluding carboxylic acids is 1. The van der Waals surface area contributed by atoms with Crippen molar-refractivity contribution >= 4 is 23.4 Å². The first kappa shape index (κ1) is 21.8. The van der Waals surface area contributed by atoms with E-state index >= 15 is 0 Å². The predicted molar refractivity (Wildman–Crippen MR) is 105 cm³/mol. The van der Waals surface area contributed by atoms with Crippen LogP contribution in [0.15, 0.2) is 28.7 Å². The van der Waals surface area contributed by atoms with Crippen LogP contribution in [0.4, 0.5) is 24.8 Å². The van der Waals surface area contributed by atoms with Crippen LogP contribution in [0.5, 0.6) is 0 Å². The van der Waals surface area contributed by atoms with E-state index in [1.54, 1.807) is 17.3 Å². The maximum atomic E-state index is 13.6.